The van der Waals surface area contributed by atoms with Crippen molar-refractivity contribution in [1.82, 2.24) is 0 Å². The summed E-state index contributed by atoms with van der Waals surface area (Å²) in [4.78, 5) is 10.6. The molecule has 0 aromatic heterocycles. The number of nitrogens with two attached hydrogens (primary N) is 1. The van der Waals surface area contributed by atoms with Gasteiger partial charge in [0.2, 0.25) is 0 Å². The largest absolute Gasteiger partial charge is 0.497 e. The first-order valence-electron chi connectivity index (χ1n) is 6.71. The van der Waals surface area contributed by atoms with Crippen molar-refractivity contribution in [2.24, 2.45) is 5.73 Å². The Morgan fingerprint density at radius 1 is 1.19 bits per heavy atom. The molecule has 2 aromatic carbocycles. The molecule has 1 atom stereocenters. The van der Waals surface area contributed by atoms with Crippen LogP contribution in [0.4, 0.5) is 5.69 Å². The fraction of sp³-hybridized carbons (Fsp3) is 0.250. The number of hydrogen-bond donors (Lipinski definition) is 1. The molecule has 110 valence electrons. The topological polar surface area (TPSA) is 78.4 Å². The van der Waals surface area contributed by atoms with Gasteiger partial charge >= 0.3 is 0 Å². The normalized spacial score (nSPS) is 11.9. The van der Waals surface area contributed by atoms with Crippen LogP contribution in [0.2, 0.25) is 0 Å². The van der Waals surface area contributed by atoms with Crippen LogP contribution in [-0.4, -0.2) is 18.1 Å². The number of methoxy groups -OCH3 is 1. The number of nitro groups is 1. The number of rotatable bonds is 6. The Balaban J connectivity index is 2.08. The molecule has 0 fully saturated rings. The maximum atomic E-state index is 11.0. The highest BCUT2D eigenvalue weighted by Crippen LogP contribution is 2.20. The van der Waals surface area contributed by atoms with E-state index in [1.54, 1.807) is 25.3 Å². The van der Waals surface area contributed by atoms with Crippen LogP contribution in [0.1, 0.15) is 11.1 Å². The minimum absolute atomic E-state index is 0.124. The lowest BCUT2D eigenvalue weighted by Crippen LogP contribution is -2.25. The van der Waals surface area contributed by atoms with Crippen molar-refractivity contribution in [2.45, 2.75) is 18.9 Å². The van der Waals surface area contributed by atoms with E-state index in [2.05, 4.69) is 0 Å². The predicted molar refractivity (Wildman–Crippen MR) is 81.5 cm³/mol. The molecule has 0 aliphatic heterocycles. The summed E-state index contributed by atoms with van der Waals surface area (Å²) in [6, 6.07) is 14.2. The zero-order valence-corrected chi connectivity index (χ0v) is 11.9. The van der Waals surface area contributed by atoms with Crippen molar-refractivity contribution in [3.63, 3.8) is 0 Å². The van der Waals surface area contributed by atoms with Crippen LogP contribution in [0.15, 0.2) is 48.5 Å². The van der Waals surface area contributed by atoms with E-state index in [-0.39, 0.29) is 16.7 Å². The summed E-state index contributed by atoms with van der Waals surface area (Å²) in [5.41, 5.74) is 7.98. The van der Waals surface area contributed by atoms with Crippen LogP contribution >= 0.6 is 0 Å². The Morgan fingerprint density at radius 3 is 2.67 bits per heavy atom. The van der Waals surface area contributed by atoms with Gasteiger partial charge < -0.3 is 10.5 Å². The third kappa shape index (κ3) is 4.03. The number of hydrogen-bond acceptors (Lipinski definition) is 4. The van der Waals surface area contributed by atoms with Gasteiger partial charge in [0.1, 0.15) is 5.75 Å². The molecule has 0 spiro atoms. The van der Waals surface area contributed by atoms with E-state index in [9.17, 15) is 10.1 Å². The Morgan fingerprint density at radius 2 is 1.95 bits per heavy atom. The van der Waals surface area contributed by atoms with Gasteiger partial charge in [0.25, 0.3) is 5.69 Å². The molecule has 0 bridgehead atoms. The summed E-state index contributed by atoms with van der Waals surface area (Å²) in [6.07, 6.45) is 1.11. The Hall–Kier alpha value is -2.40. The van der Waals surface area contributed by atoms with Gasteiger partial charge in [0, 0.05) is 17.7 Å². The van der Waals surface area contributed by atoms with E-state index in [1.807, 2.05) is 24.3 Å². The molecule has 5 nitrogen and oxygen atoms in total. The van der Waals surface area contributed by atoms with Gasteiger partial charge in [-0.2, -0.15) is 0 Å². The molecule has 0 heterocycles. The molecule has 2 rings (SSSR count). The van der Waals surface area contributed by atoms with Crippen molar-refractivity contribution in [3.05, 3.63) is 69.8 Å². The first-order valence-corrected chi connectivity index (χ1v) is 6.71. The molecule has 0 aliphatic carbocycles. The summed E-state index contributed by atoms with van der Waals surface area (Å²) < 4.78 is 5.18. The zero-order valence-electron chi connectivity index (χ0n) is 11.9. The van der Waals surface area contributed by atoms with Gasteiger partial charge in [0.15, 0.2) is 0 Å². The van der Waals surface area contributed by atoms with Gasteiger partial charge in [0.05, 0.1) is 12.0 Å². The second kappa shape index (κ2) is 6.85. The maximum absolute atomic E-state index is 11.0. The van der Waals surface area contributed by atoms with E-state index in [0.717, 1.165) is 11.3 Å². The molecule has 1 unspecified atom stereocenters. The van der Waals surface area contributed by atoms with Gasteiger partial charge in [-0.05, 0) is 30.5 Å². The third-order valence-electron chi connectivity index (χ3n) is 3.30. The minimum Gasteiger partial charge on any atom is -0.497 e. The minimum atomic E-state index is -0.367. The number of ether oxygens (including phenoxy) is 1. The van der Waals surface area contributed by atoms with Crippen LogP contribution in [0.3, 0.4) is 0 Å². The number of nitrogens with zero attached hydrogens (tertiary/aromatic N) is 1. The molecule has 21 heavy (non-hydrogen) atoms. The predicted octanol–water partition coefficient (Wildman–Crippen LogP) is 2.72. The Kier molecular flexibility index (Phi) is 4.90. The first kappa shape index (κ1) is 15.0. The standard InChI is InChI=1S/C16H18N2O3/c1-21-15-7-4-5-12(10-15)9-14(17)11-13-6-2-3-8-16(13)18(19)20/h2-8,10,14H,9,11,17H2,1H3. The molecule has 0 saturated heterocycles. The van der Waals surface area contributed by atoms with Crippen molar-refractivity contribution in [2.75, 3.05) is 7.11 Å². The molecule has 0 aliphatic rings. The molecule has 0 radical (unpaired) electrons. The van der Waals surface area contributed by atoms with E-state index in [4.69, 9.17) is 10.5 Å². The van der Waals surface area contributed by atoms with Gasteiger partial charge in [-0.15, -0.1) is 0 Å². The highest BCUT2D eigenvalue weighted by atomic mass is 16.6. The van der Waals surface area contributed by atoms with Crippen LogP contribution in [0, 0.1) is 10.1 Å². The van der Waals surface area contributed by atoms with E-state index in [0.29, 0.717) is 18.4 Å². The highest BCUT2D eigenvalue weighted by molar-refractivity contribution is 5.40. The van der Waals surface area contributed by atoms with Crippen molar-refractivity contribution in [1.29, 1.82) is 0 Å². The average Bonchev–Trinajstić information content (AvgIpc) is 2.47. The maximum Gasteiger partial charge on any atom is 0.272 e. The summed E-state index contributed by atoms with van der Waals surface area (Å²) in [5, 5.41) is 11.0. The zero-order chi connectivity index (χ0) is 15.2. The van der Waals surface area contributed by atoms with E-state index < -0.39 is 0 Å². The van der Waals surface area contributed by atoms with Crippen LogP contribution in [0.5, 0.6) is 5.75 Å². The molecule has 0 amide bonds. The lowest BCUT2D eigenvalue weighted by molar-refractivity contribution is -0.385. The Labute approximate surface area is 123 Å². The summed E-state index contributed by atoms with van der Waals surface area (Å²) >= 11 is 0. The lowest BCUT2D eigenvalue weighted by atomic mass is 9.98. The smallest absolute Gasteiger partial charge is 0.272 e. The highest BCUT2D eigenvalue weighted by Gasteiger charge is 2.15. The second-order valence-electron chi connectivity index (χ2n) is 4.91. The van der Waals surface area contributed by atoms with Gasteiger partial charge in [-0.25, -0.2) is 0 Å². The van der Waals surface area contributed by atoms with Crippen molar-refractivity contribution < 1.29 is 9.66 Å². The van der Waals surface area contributed by atoms with Gasteiger partial charge in [-0.3, -0.25) is 10.1 Å². The second-order valence-corrected chi connectivity index (χ2v) is 4.91. The fourth-order valence-corrected chi connectivity index (χ4v) is 2.32. The van der Waals surface area contributed by atoms with E-state index >= 15 is 0 Å². The lowest BCUT2D eigenvalue weighted by Gasteiger charge is -2.12. The van der Waals surface area contributed by atoms with E-state index in [1.165, 1.54) is 6.07 Å². The SMILES string of the molecule is COc1cccc(CC(N)Cc2ccccc2[N+](=O)[O-])c1. The summed E-state index contributed by atoms with van der Waals surface area (Å²) in [7, 11) is 1.62. The van der Waals surface area contributed by atoms with Crippen molar-refractivity contribution in [3.8, 4) is 5.75 Å². The molecule has 2 aromatic rings. The van der Waals surface area contributed by atoms with Gasteiger partial charge in [-0.1, -0.05) is 30.3 Å². The fourth-order valence-electron chi connectivity index (χ4n) is 2.32. The molecular weight excluding hydrogens is 268 g/mol. The third-order valence-corrected chi connectivity index (χ3v) is 3.30. The molecule has 5 heteroatoms. The quantitative estimate of drug-likeness (QED) is 0.654. The molecular formula is C16H18N2O3. The van der Waals surface area contributed by atoms with Crippen molar-refractivity contribution >= 4 is 5.69 Å². The van der Waals surface area contributed by atoms with Crippen LogP contribution in [0.25, 0.3) is 0 Å². The molecule has 2 N–H and O–H groups in total. The molecule has 0 saturated carbocycles. The monoisotopic (exact) mass is 286 g/mol. The van der Waals surface area contributed by atoms with Crippen LogP contribution in [-0.2, 0) is 12.8 Å². The van der Waals surface area contributed by atoms with Crippen LogP contribution < -0.4 is 10.5 Å². The number of benzene rings is 2. The first-order chi connectivity index (χ1) is 10.1. The average molecular weight is 286 g/mol. The number of nitro benzene ring substituents is 1. The summed E-state index contributed by atoms with van der Waals surface area (Å²) in [6.45, 7) is 0. The summed E-state index contributed by atoms with van der Waals surface area (Å²) in [5.74, 6) is 0.783. The number of para-hydroxylation sites is 1. The Bertz CT molecular complexity index is 628.